The summed E-state index contributed by atoms with van der Waals surface area (Å²) < 4.78 is 33.6. The number of sulfonamides is 1. The molecule has 0 aromatic heterocycles. The monoisotopic (exact) mass is 547 g/mol. The molecule has 2 N–H and O–H groups in total. The summed E-state index contributed by atoms with van der Waals surface area (Å²) in [7, 11) is -2.33. The number of methoxy groups -OCH3 is 1. The molecule has 0 aliphatic carbocycles. The zero-order valence-electron chi connectivity index (χ0n) is 23.0. The number of anilines is 1. The molecular formula is C28H41N3O6S. The minimum atomic E-state index is -3.86. The molecule has 2 amide bonds. The van der Waals surface area contributed by atoms with Gasteiger partial charge in [-0.3, -0.25) is 9.52 Å². The third kappa shape index (κ3) is 10.6. The number of carbonyl (C=O) groups is 2. The summed E-state index contributed by atoms with van der Waals surface area (Å²) in [6.07, 6.45) is 0.934. The Morgan fingerprint density at radius 1 is 1.03 bits per heavy atom. The number of rotatable bonds is 14. The summed E-state index contributed by atoms with van der Waals surface area (Å²) in [6, 6.07) is 16.3. The summed E-state index contributed by atoms with van der Waals surface area (Å²) >= 11 is 0. The Morgan fingerprint density at radius 2 is 1.66 bits per heavy atom. The molecule has 10 heteroatoms. The second-order valence-electron chi connectivity index (χ2n) is 10.5. The molecule has 0 bridgehead atoms. The largest absolute Gasteiger partial charge is 0.497 e. The van der Waals surface area contributed by atoms with Crippen LogP contribution in [0.5, 0.6) is 5.75 Å². The van der Waals surface area contributed by atoms with Gasteiger partial charge in [0, 0.05) is 30.7 Å². The van der Waals surface area contributed by atoms with E-state index in [0.717, 1.165) is 5.56 Å². The lowest BCUT2D eigenvalue weighted by molar-refractivity contribution is -0.131. The summed E-state index contributed by atoms with van der Waals surface area (Å²) in [6.45, 7) is 7.93. The minimum Gasteiger partial charge on any atom is -0.497 e. The first-order valence-electron chi connectivity index (χ1n) is 12.8. The van der Waals surface area contributed by atoms with Crippen LogP contribution in [0.2, 0.25) is 0 Å². The van der Waals surface area contributed by atoms with Crippen molar-refractivity contribution in [2.75, 3.05) is 30.8 Å². The molecule has 2 rings (SSSR count). The smallest absolute Gasteiger partial charge is 0.407 e. The highest BCUT2D eigenvalue weighted by Gasteiger charge is 2.27. The highest BCUT2D eigenvalue weighted by atomic mass is 32.2. The van der Waals surface area contributed by atoms with E-state index in [1.807, 2.05) is 58.0 Å². The summed E-state index contributed by atoms with van der Waals surface area (Å²) in [4.78, 5) is 27.6. The van der Waals surface area contributed by atoms with E-state index >= 15 is 0 Å². The number of benzene rings is 2. The van der Waals surface area contributed by atoms with E-state index in [1.54, 1.807) is 24.3 Å². The van der Waals surface area contributed by atoms with Gasteiger partial charge in [-0.1, -0.05) is 37.3 Å². The van der Waals surface area contributed by atoms with Crippen molar-refractivity contribution in [3.8, 4) is 5.75 Å². The van der Waals surface area contributed by atoms with Crippen LogP contribution in [0, 0.1) is 5.92 Å². The second-order valence-corrected chi connectivity index (χ2v) is 12.2. The fraction of sp³-hybridized carbons (Fsp3) is 0.500. The Morgan fingerprint density at radius 3 is 2.21 bits per heavy atom. The van der Waals surface area contributed by atoms with Gasteiger partial charge in [0.2, 0.25) is 5.91 Å². The zero-order chi connectivity index (χ0) is 28.3. The van der Waals surface area contributed by atoms with Crippen molar-refractivity contribution >= 4 is 27.7 Å². The van der Waals surface area contributed by atoms with E-state index in [4.69, 9.17) is 4.74 Å². The van der Waals surface area contributed by atoms with Gasteiger partial charge in [0.1, 0.15) is 11.6 Å². The SMILES string of the molecule is COc1ccc(NS(=O)(=O)CN(CCCc2ccccc2)C(=O)CC(C)CCN(C(=O)O)C(C)(C)C)cc1. The van der Waals surface area contributed by atoms with E-state index in [1.165, 1.54) is 16.9 Å². The van der Waals surface area contributed by atoms with Crippen LogP contribution in [0.4, 0.5) is 10.5 Å². The maximum absolute atomic E-state index is 13.3. The van der Waals surface area contributed by atoms with Gasteiger partial charge >= 0.3 is 6.09 Å². The first-order chi connectivity index (χ1) is 17.8. The van der Waals surface area contributed by atoms with E-state index in [9.17, 15) is 23.1 Å². The quantitative estimate of drug-likeness (QED) is 0.342. The number of nitrogens with zero attached hydrogens (tertiary/aromatic N) is 2. The Labute approximate surface area is 226 Å². The molecular weight excluding hydrogens is 506 g/mol. The van der Waals surface area contributed by atoms with Gasteiger partial charge in [-0.2, -0.15) is 0 Å². The predicted octanol–water partition coefficient (Wildman–Crippen LogP) is 5.05. The van der Waals surface area contributed by atoms with Crippen LogP contribution in [0.15, 0.2) is 54.6 Å². The Kier molecular flexibility index (Phi) is 11.4. The van der Waals surface area contributed by atoms with Crippen LogP contribution in [-0.2, 0) is 21.2 Å². The van der Waals surface area contributed by atoms with E-state index < -0.39 is 27.5 Å². The predicted molar refractivity (Wildman–Crippen MR) is 150 cm³/mol. The molecule has 0 aliphatic rings. The van der Waals surface area contributed by atoms with Crippen LogP contribution in [0.3, 0.4) is 0 Å². The topological polar surface area (TPSA) is 116 Å². The van der Waals surface area contributed by atoms with Crippen LogP contribution in [0.1, 0.15) is 52.5 Å². The van der Waals surface area contributed by atoms with Crippen LogP contribution < -0.4 is 9.46 Å². The Balaban J connectivity index is 2.07. The van der Waals surface area contributed by atoms with Crippen molar-refractivity contribution in [2.24, 2.45) is 5.92 Å². The van der Waals surface area contributed by atoms with Crippen molar-refractivity contribution in [1.29, 1.82) is 0 Å². The lowest BCUT2D eigenvalue weighted by Crippen LogP contribution is -2.46. The fourth-order valence-electron chi connectivity index (χ4n) is 4.05. The number of ether oxygens (including phenoxy) is 1. The minimum absolute atomic E-state index is 0.124. The zero-order valence-corrected chi connectivity index (χ0v) is 23.8. The molecule has 0 saturated carbocycles. The summed E-state index contributed by atoms with van der Waals surface area (Å²) in [5.41, 5.74) is 0.940. The van der Waals surface area contributed by atoms with Gasteiger partial charge in [-0.25, -0.2) is 13.2 Å². The number of nitrogens with one attached hydrogen (secondary N) is 1. The lowest BCUT2D eigenvalue weighted by atomic mass is 10.00. The average Bonchev–Trinajstić information content (AvgIpc) is 2.83. The molecule has 38 heavy (non-hydrogen) atoms. The van der Waals surface area contributed by atoms with Gasteiger partial charge in [0.15, 0.2) is 0 Å². The maximum Gasteiger partial charge on any atom is 0.407 e. The highest BCUT2D eigenvalue weighted by Crippen LogP contribution is 2.20. The molecule has 0 fully saturated rings. The van der Waals surface area contributed by atoms with Gasteiger partial charge in [-0.15, -0.1) is 0 Å². The molecule has 0 heterocycles. The average molecular weight is 548 g/mol. The standard InChI is InChI=1S/C28H41N3O6S/c1-22(17-19-31(27(33)34)28(2,3)4)20-26(32)30(18-9-12-23-10-7-6-8-11-23)21-38(35,36)29-24-13-15-25(37-5)16-14-24/h6-8,10-11,13-16,22,29H,9,12,17-21H2,1-5H3,(H,33,34). The van der Waals surface area contributed by atoms with Crippen LogP contribution >= 0.6 is 0 Å². The highest BCUT2D eigenvalue weighted by molar-refractivity contribution is 7.92. The number of carbonyl (C=O) groups excluding carboxylic acids is 1. The van der Waals surface area contributed by atoms with Crippen molar-refractivity contribution in [3.63, 3.8) is 0 Å². The molecule has 0 saturated heterocycles. The molecule has 0 spiro atoms. The molecule has 9 nitrogen and oxygen atoms in total. The van der Waals surface area contributed by atoms with Crippen molar-refractivity contribution < 1.29 is 27.9 Å². The Hall–Kier alpha value is -3.27. The molecule has 1 atom stereocenters. The normalized spacial score (nSPS) is 12.4. The van der Waals surface area contributed by atoms with Gasteiger partial charge in [0.25, 0.3) is 10.0 Å². The number of aryl methyl sites for hydroxylation is 1. The van der Waals surface area contributed by atoms with Crippen molar-refractivity contribution in [3.05, 3.63) is 60.2 Å². The molecule has 0 radical (unpaired) electrons. The molecule has 2 aromatic rings. The molecule has 1 unspecified atom stereocenters. The van der Waals surface area contributed by atoms with Gasteiger partial charge < -0.3 is 19.6 Å². The van der Waals surface area contributed by atoms with Gasteiger partial charge in [0.05, 0.1) is 7.11 Å². The number of amides is 2. The molecule has 2 aromatic carbocycles. The summed E-state index contributed by atoms with van der Waals surface area (Å²) in [5, 5.41) is 9.53. The van der Waals surface area contributed by atoms with Crippen LogP contribution in [0.25, 0.3) is 0 Å². The fourth-order valence-corrected chi connectivity index (χ4v) is 5.30. The second kappa shape index (κ2) is 14.0. The van der Waals surface area contributed by atoms with Gasteiger partial charge in [-0.05, 0) is 75.8 Å². The van der Waals surface area contributed by atoms with E-state index in [2.05, 4.69) is 4.72 Å². The first-order valence-corrected chi connectivity index (χ1v) is 14.4. The van der Waals surface area contributed by atoms with Crippen molar-refractivity contribution in [1.82, 2.24) is 9.80 Å². The summed E-state index contributed by atoms with van der Waals surface area (Å²) in [5.74, 6) is -0.265. The maximum atomic E-state index is 13.3. The van der Waals surface area contributed by atoms with E-state index in [0.29, 0.717) is 37.2 Å². The van der Waals surface area contributed by atoms with E-state index in [-0.39, 0.29) is 24.8 Å². The Bertz CT molecular complexity index is 1130. The first kappa shape index (κ1) is 31.0. The number of hydrogen-bond acceptors (Lipinski definition) is 5. The molecule has 210 valence electrons. The molecule has 0 aliphatic heterocycles. The lowest BCUT2D eigenvalue weighted by Gasteiger charge is -2.34. The number of carboxylic acid groups (broad SMARTS) is 1. The number of hydrogen-bond donors (Lipinski definition) is 2. The third-order valence-electron chi connectivity index (χ3n) is 6.19. The van der Waals surface area contributed by atoms with Crippen molar-refractivity contribution in [2.45, 2.75) is 58.9 Å². The third-order valence-corrected chi connectivity index (χ3v) is 7.39. The van der Waals surface area contributed by atoms with Crippen LogP contribution in [-0.4, -0.2) is 66.9 Å².